The van der Waals surface area contributed by atoms with Gasteiger partial charge in [-0.05, 0) is 39.0 Å². The van der Waals surface area contributed by atoms with E-state index in [4.69, 9.17) is 5.73 Å². The van der Waals surface area contributed by atoms with Crippen LogP contribution in [0.25, 0.3) is 0 Å². The molecule has 0 aromatic rings. The molecule has 3 heteroatoms. The standard InChI is InChI=1S/C10H21N3/c1-4-7-12-9(11)13-10(2,3)8-5-6-8/h8H,4-7H2,1-3H3,(H3,11,12,13). The van der Waals surface area contributed by atoms with Gasteiger partial charge in [0.25, 0.3) is 0 Å². The lowest BCUT2D eigenvalue weighted by Gasteiger charge is -2.26. The number of hydrogen-bond acceptors (Lipinski definition) is 1. The van der Waals surface area contributed by atoms with Crippen LogP contribution < -0.4 is 11.1 Å². The zero-order valence-corrected chi connectivity index (χ0v) is 8.93. The van der Waals surface area contributed by atoms with Crippen molar-refractivity contribution in [2.45, 2.75) is 45.6 Å². The molecule has 0 radical (unpaired) electrons. The van der Waals surface area contributed by atoms with Crippen molar-refractivity contribution in [3.05, 3.63) is 0 Å². The van der Waals surface area contributed by atoms with Crippen LogP contribution in [-0.4, -0.2) is 18.0 Å². The van der Waals surface area contributed by atoms with Gasteiger partial charge in [-0.1, -0.05) is 6.92 Å². The third-order valence-corrected chi connectivity index (χ3v) is 2.55. The molecular formula is C10H21N3. The van der Waals surface area contributed by atoms with Gasteiger partial charge in [0.2, 0.25) is 0 Å². The summed E-state index contributed by atoms with van der Waals surface area (Å²) in [6.07, 6.45) is 3.69. The molecule has 0 saturated heterocycles. The van der Waals surface area contributed by atoms with Crippen molar-refractivity contribution in [3.63, 3.8) is 0 Å². The number of nitrogens with one attached hydrogen (secondary N) is 1. The predicted octanol–water partition coefficient (Wildman–Crippen LogP) is 1.49. The Morgan fingerprint density at radius 3 is 2.62 bits per heavy atom. The van der Waals surface area contributed by atoms with Crippen LogP contribution in [0, 0.1) is 5.92 Å². The molecule has 0 heterocycles. The molecule has 0 amide bonds. The smallest absolute Gasteiger partial charge is 0.189 e. The maximum absolute atomic E-state index is 5.75. The molecule has 3 N–H and O–H groups in total. The molecular weight excluding hydrogens is 162 g/mol. The molecule has 0 bridgehead atoms. The summed E-state index contributed by atoms with van der Waals surface area (Å²) in [6.45, 7) is 7.31. The van der Waals surface area contributed by atoms with E-state index in [0.29, 0.717) is 5.96 Å². The third-order valence-electron chi connectivity index (χ3n) is 2.55. The molecule has 1 fully saturated rings. The SMILES string of the molecule is CCCN=C(N)NC(C)(C)C1CC1. The maximum atomic E-state index is 5.75. The summed E-state index contributed by atoms with van der Waals surface area (Å²) >= 11 is 0. The summed E-state index contributed by atoms with van der Waals surface area (Å²) in [5, 5.41) is 3.28. The monoisotopic (exact) mass is 183 g/mol. The van der Waals surface area contributed by atoms with Gasteiger partial charge >= 0.3 is 0 Å². The Morgan fingerprint density at radius 2 is 2.15 bits per heavy atom. The molecule has 0 unspecified atom stereocenters. The predicted molar refractivity (Wildman–Crippen MR) is 56.7 cm³/mol. The molecule has 1 aliphatic rings. The van der Waals surface area contributed by atoms with E-state index in [-0.39, 0.29) is 5.54 Å². The number of nitrogens with zero attached hydrogens (tertiary/aromatic N) is 1. The lowest BCUT2D eigenvalue weighted by Crippen LogP contribution is -2.48. The van der Waals surface area contributed by atoms with Gasteiger partial charge in [0, 0.05) is 12.1 Å². The number of aliphatic imine (C=N–C) groups is 1. The lowest BCUT2D eigenvalue weighted by atomic mass is 9.99. The Hall–Kier alpha value is -0.730. The molecule has 0 aliphatic heterocycles. The molecule has 0 atom stereocenters. The molecule has 0 aromatic carbocycles. The van der Waals surface area contributed by atoms with Crippen molar-refractivity contribution in [1.29, 1.82) is 0 Å². The van der Waals surface area contributed by atoms with Crippen LogP contribution in [0.15, 0.2) is 4.99 Å². The molecule has 1 aliphatic carbocycles. The highest BCUT2D eigenvalue weighted by Crippen LogP contribution is 2.38. The first-order chi connectivity index (χ1) is 6.06. The first-order valence-corrected chi connectivity index (χ1v) is 5.14. The normalized spacial score (nSPS) is 18.8. The van der Waals surface area contributed by atoms with Gasteiger partial charge in [0.05, 0.1) is 0 Å². The molecule has 1 saturated carbocycles. The average molecular weight is 183 g/mol. The topological polar surface area (TPSA) is 50.4 Å². The Labute approximate surface area is 80.8 Å². The minimum absolute atomic E-state index is 0.126. The Bertz CT molecular complexity index is 192. The van der Waals surface area contributed by atoms with E-state index in [2.05, 4.69) is 31.1 Å². The zero-order chi connectivity index (χ0) is 9.90. The fraction of sp³-hybridized carbons (Fsp3) is 0.900. The van der Waals surface area contributed by atoms with Crippen molar-refractivity contribution in [2.24, 2.45) is 16.6 Å². The summed E-state index contributed by atoms with van der Waals surface area (Å²) in [6, 6.07) is 0. The van der Waals surface area contributed by atoms with Crippen LogP contribution in [-0.2, 0) is 0 Å². The van der Waals surface area contributed by atoms with Crippen LogP contribution in [0.3, 0.4) is 0 Å². The van der Waals surface area contributed by atoms with Crippen LogP contribution in [0.4, 0.5) is 0 Å². The van der Waals surface area contributed by atoms with Gasteiger partial charge in [-0.2, -0.15) is 0 Å². The third kappa shape index (κ3) is 3.25. The number of rotatable bonds is 4. The van der Waals surface area contributed by atoms with Crippen LogP contribution in [0.2, 0.25) is 0 Å². The van der Waals surface area contributed by atoms with E-state index in [1.54, 1.807) is 0 Å². The molecule has 76 valence electrons. The van der Waals surface area contributed by atoms with Crippen molar-refractivity contribution < 1.29 is 0 Å². The van der Waals surface area contributed by atoms with E-state index >= 15 is 0 Å². The molecule has 13 heavy (non-hydrogen) atoms. The van der Waals surface area contributed by atoms with Crippen molar-refractivity contribution in [3.8, 4) is 0 Å². The van der Waals surface area contributed by atoms with Crippen molar-refractivity contribution in [1.82, 2.24) is 5.32 Å². The number of hydrogen-bond donors (Lipinski definition) is 2. The van der Waals surface area contributed by atoms with Gasteiger partial charge < -0.3 is 11.1 Å². The maximum Gasteiger partial charge on any atom is 0.189 e. The highest BCUT2D eigenvalue weighted by Gasteiger charge is 2.37. The molecule has 1 rings (SSSR count). The number of guanidine groups is 1. The summed E-state index contributed by atoms with van der Waals surface area (Å²) in [7, 11) is 0. The average Bonchev–Trinajstić information content (AvgIpc) is 2.81. The first-order valence-electron chi connectivity index (χ1n) is 5.14. The Morgan fingerprint density at radius 1 is 1.54 bits per heavy atom. The van der Waals surface area contributed by atoms with Gasteiger partial charge in [-0.3, -0.25) is 4.99 Å². The van der Waals surface area contributed by atoms with Crippen molar-refractivity contribution >= 4 is 5.96 Å². The summed E-state index contributed by atoms with van der Waals surface area (Å²) in [5.74, 6) is 1.38. The zero-order valence-electron chi connectivity index (χ0n) is 8.93. The summed E-state index contributed by atoms with van der Waals surface area (Å²) in [5.41, 5.74) is 5.88. The largest absolute Gasteiger partial charge is 0.370 e. The van der Waals surface area contributed by atoms with E-state index in [9.17, 15) is 0 Å². The van der Waals surface area contributed by atoms with Gasteiger partial charge in [-0.25, -0.2) is 0 Å². The lowest BCUT2D eigenvalue weighted by molar-refractivity contribution is 0.400. The van der Waals surface area contributed by atoms with E-state index in [1.165, 1.54) is 12.8 Å². The van der Waals surface area contributed by atoms with E-state index in [1.807, 2.05) is 0 Å². The Balaban J connectivity index is 2.37. The quantitative estimate of drug-likeness (QED) is 0.512. The molecule has 0 spiro atoms. The van der Waals surface area contributed by atoms with Gasteiger partial charge in [0.15, 0.2) is 5.96 Å². The van der Waals surface area contributed by atoms with Crippen LogP contribution in [0.5, 0.6) is 0 Å². The van der Waals surface area contributed by atoms with Gasteiger partial charge in [0.1, 0.15) is 0 Å². The minimum atomic E-state index is 0.126. The Kier molecular flexibility index (Phi) is 3.17. The van der Waals surface area contributed by atoms with Gasteiger partial charge in [-0.15, -0.1) is 0 Å². The van der Waals surface area contributed by atoms with E-state index < -0.39 is 0 Å². The fourth-order valence-corrected chi connectivity index (χ4v) is 1.51. The summed E-state index contributed by atoms with van der Waals surface area (Å²) < 4.78 is 0. The second-order valence-electron chi connectivity index (χ2n) is 4.39. The van der Waals surface area contributed by atoms with Crippen LogP contribution >= 0.6 is 0 Å². The second kappa shape index (κ2) is 3.99. The molecule has 0 aromatic heterocycles. The highest BCUT2D eigenvalue weighted by molar-refractivity contribution is 5.78. The van der Waals surface area contributed by atoms with E-state index in [0.717, 1.165) is 18.9 Å². The minimum Gasteiger partial charge on any atom is -0.370 e. The van der Waals surface area contributed by atoms with Crippen molar-refractivity contribution in [2.75, 3.05) is 6.54 Å². The fourth-order valence-electron chi connectivity index (χ4n) is 1.51. The first kappa shape index (κ1) is 10.4. The molecule has 3 nitrogen and oxygen atoms in total. The number of nitrogens with two attached hydrogens (primary N) is 1. The second-order valence-corrected chi connectivity index (χ2v) is 4.39. The summed E-state index contributed by atoms with van der Waals surface area (Å²) in [4.78, 5) is 4.22. The van der Waals surface area contributed by atoms with Crippen LogP contribution in [0.1, 0.15) is 40.0 Å². The highest BCUT2D eigenvalue weighted by atomic mass is 15.1.